The maximum atomic E-state index is 14.6. The Balaban J connectivity index is 1.90. The molecule has 0 radical (unpaired) electrons. The lowest BCUT2D eigenvalue weighted by Crippen LogP contribution is -2.61. The van der Waals surface area contributed by atoms with Crippen molar-refractivity contribution in [2.24, 2.45) is 29.4 Å². The highest BCUT2D eigenvalue weighted by molar-refractivity contribution is 5.98. The lowest BCUT2D eigenvalue weighted by molar-refractivity contribution is -0.147. The van der Waals surface area contributed by atoms with Gasteiger partial charge in [0.25, 0.3) is 0 Å². The number of carbonyl (C=O) groups excluding carboxylic acids is 7. The summed E-state index contributed by atoms with van der Waals surface area (Å²) in [5, 5.41) is 32.7. The van der Waals surface area contributed by atoms with Gasteiger partial charge in [0.15, 0.2) is 0 Å². The number of nitrogens with zero attached hydrogens (tertiary/aromatic N) is 1. The minimum atomic E-state index is -1.68. The summed E-state index contributed by atoms with van der Waals surface area (Å²) in [7, 11) is 0. The van der Waals surface area contributed by atoms with Crippen molar-refractivity contribution >= 4 is 53.3 Å². The molecule has 1 saturated heterocycles. The molecule has 1 heterocycles. The van der Waals surface area contributed by atoms with Gasteiger partial charge in [-0.25, -0.2) is 4.79 Å². The summed E-state index contributed by atoms with van der Waals surface area (Å²) in [5.41, 5.74) is 5.28. The van der Waals surface area contributed by atoms with E-state index in [1.54, 1.807) is 0 Å². The van der Waals surface area contributed by atoms with E-state index in [9.17, 15) is 53.4 Å². The van der Waals surface area contributed by atoms with Gasteiger partial charge < -0.3 is 47.4 Å². The van der Waals surface area contributed by atoms with Crippen LogP contribution in [0.2, 0.25) is 0 Å². The summed E-state index contributed by atoms with van der Waals surface area (Å²) in [6.07, 6.45) is 7.09. The molecule has 18 nitrogen and oxygen atoms in total. The summed E-state index contributed by atoms with van der Waals surface area (Å²) in [5.74, 6) is -7.73. The van der Waals surface area contributed by atoms with Gasteiger partial charge in [-0.05, 0) is 68.6 Å². The van der Waals surface area contributed by atoms with Crippen LogP contribution in [-0.4, -0.2) is 111 Å². The molecule has 0 spiro atoms. The van der Waals surface area contributed by atoms with E-state index in [1.807, 2.05) is 27.7 Å². The normalized spacial score (nSPS) is 21.9. The Morgan fingerprint density at radius 3 is 1.78 bits per heavy atom. The van der Waals surface area contributed by atoms with E-state index in [0.717, 1.165) is 51.4 Å². The van der Waals surface area contributed by atoms with Crippen LogP contribution >= 0.6 is 0 Å². The predicted octanol–water partition coefficient (Wildman–Crippen LogP) is 1.48. The van der Waals surface area contributed by atoms with Gasteiger partial charge in [0, 0.05) is 19.4 Å². The van der Waals surface area contributed by atoms with Gasteiger partial charge >= 0.3 is 11.9 Å². The Labute approximate surface area is 346 Å². The van der Waals surface area contributed by atoms with Crippen LogP contribution in [0.3, 0.4) is 0 Å². The van der Waals surface area contributed by atoms with E-state index in [0.29, 0.717) is 12.8 Å². The molecule has 9 N–H and O–H groups in total. The molecule has 3 fully saturated rings. The van der Waals surface area contributed by atoms with Crippen molar-refractivity contribution in [1.82, 2.24) is 31.5 Å². The van der Waals surface area contributed by atoms with Crippen LogP contribution in [0, 0.1) is 23.7 Å². The molecule has 0 aromatic rings. The van der Waals surface area contributed by atoms with Gasteiger partial charge in [0.1, 0.15) is 36.3 Å². The summed E-state index contributed by atoms with van der Waals surface area (Å²) < 4.78 is 0. The SMILES string of the molecule is CC(=O)NC(CCC(N)=O)C(=O)N[C@@H](CC1CCCCC1)C(=O)NC(CC(=O)O)C(=O)N[C@@H](CC(C)C)C(=O)N1C(C(=O)N[C@@H](CC(C)C)C(=O)O)C[C@@H]2CCCCC21. The number of amides is 7. The number of aliphatic carboxylic acids is 2. The number of fused-ring (bicyclic) bond motifs is 1. The number of nitrogens with two attached hydrogens (primary N) is 1. The fourth-order valence-corrected chi connectivity index (χ4v) is 8.83. The number of hydrogen-bond donors (Lipinski definition) is 8. The van der Waals surface area contributed by atoms with E-state index in [1.165, 1.54) is 11.8 Å². The number of likely N-dealkylation sites (tertiary alicyclic amines) is 1. The van der Waals surface area contributed by atoms with Gasteiger partial charge in [-0.1, -0.05) is 72.6 Å². The molecule has 18 heteroatoms. The highest BCUT2D eigenvalue weighted by Crippen LogP contribution is 2.40. The van der Waals surface area contributed by atoms with E-state index < -0.39 is 96.0 Å². The van der Waals surface area contributed by atoms with Crippen LogP contribution in [0.15, 0.2) is 0 Å². The molecule has 3 aliphatic rings. The third-order valence-corrected chi connectivity index (χ3v) is 11.6. The largest absolute Gasteiger partial charge is 0.481 e. The number of rotatable bonds is 22. The quantitative estimate of drug-likeness (QED) is 0.0773. The number of carboxylic acid groups (broad SMARTS) is 2. The van der Waals surface area contributed by atoms with Crippen molar-refractivity contribution in [2.45, 2.75) is 180 Å². The Morgan fingerprint density at radius 2 is 1.20 bits per heavy atom. The Morgan fingerprint density at radius 1 is 0.661 bits per heavy atom. The van der Waals surface area contributed by atoms with Crippen molar-refractivity contribution in [2.75, 3.05) is 0 Å². The Hall–Kier alpha value is -4.77. The summed E-state index contributed by atoms with van der Waals surface area (Å²) in [6, 6.07) is -7.82. The predicted molar refractivity (Wildman–Crippen MR) is 215 cm³/mol. The Kier molecular flexibility index (Phi) is 19.1. The van der Waals surface area contributed by atoms with Crippen LogP contribution in [-0.2, 0) is 43.2 Å². The molecule has 0 aromatic carbocycles. The number of primary amides is 1. The molecule has 0 aromatic heterocycles. The lowest BCUT2D eigenvalue weighted by Gasteiger charge is -2.37. The van der Waals surface area contributed by atoms with Gasteiger partial charge in [0.05, 0.1) is 6.42 Å². The van der Waals surface area contributed by atoms with Gasteiger partial charge in [-0.15, -0.1) is 0 Å². The minimum Gasteiger partial charge on any atom is -0.481 e. The van der Waals surface area contributed by atoms with Crippen LogP contribution < -0.4 is 32.3 Å². The zero-order valence-electron chi connectivity index (χ0n) is 35.3. The molecule has 1 aliphatic heterocycles. The Bertz CT molecular complexity index is 1530. The van der Waals surface area contributed by atoms with Crippen LogP contribution in [0.25, 0.3) is 0 Å². The van der Waals surface area contributed by atoms with Gasteiger partial charge in [-0.3, -0.25) is 38.4 Å². The molecule has 2 saturated carbocycles. The fraction of sp³-hybridized carbons (Fsp3) is 0.780. The molecule has 59 heavy (non-hydrogen) atoms. The molecule has 2 aliphatic carbocycles. The maximum Gasteiger partial charge on any atom is 0.326 e. The fourth-order valence-electron chi connectivity index (χ4n) is 8.83. The lowest BCUT2D eigenvalue weighted by atomic mass is 9.84. The number of carboxylic acids is 2. The zero-order valence-corrected chi connectivity index (χ0v) is 35.3. The van der Waals surface area contributed by atoms with Gasteiger partial charge in [-0.2, -0.15) is 0 Å². The second-order valence-electron chi connectivity index (χ2n) is 17.5. The second kappa shape index (κ2) is 23.1. The van der Waals surface area contributed by atoms with Crippen molar-refractivity contribution in [3.8, 4) is 0 Å². The van der Waals surface area contributed by atoms with Crippen molar-refractivity contribution < 1.29 is 53.4 Å². The highest BCUT2D eigenvalue weighted by atomic mass is 16.4. The second-order valence-corrected chi connectivity index (χ2v) is 17.5. The first-order chi connectivity index (χ1) is 27.8. The monoisotopic (exact) mass is 833 g/mol. The third-order valence-electron chi connectivity index (χ3n) is 11.6. The first kappa shape index (κ1) is 48.6. The average Bonchev–Trinajstić information content (AvgIpc) is 3.54. The topological polar surface area (TPSA) is 284 Å². The van der Waals surface area contributed by atoms with Crippen molar-refractivity contribution in [3.63, 3.8) is 0 Å². The molecule has 8 atom stereocenters. The molecule has 332 valence electrons. The van der Waals surface area contributed by atoms with E-state index in [4.69, 9.17) is 5.73 Å². The average molecular weight is 834 g/mol. The number of hydrogen-bond acceptors (Lipinski definition) is 9. The molecule has 7 amide bonds. The maximum absolute atomic E-state index is 14.6. The van der Waals surface area contributed by atoms with Crippen LogP contribution in [0.1, 0.15) is 137 Å². The molecule has 4 unspecified atom stereocenters. The standard InChI is InChI=1S/C41H67N7O11/c1-22(2)17-30(40(57)48-32-14-10-9-13-26(32)20-33(48)39(56)47-31(41(58)59)18-23(3)4)46-38(55)29(21-35(51)52)45-37(54)28(19-25-11-7-6-8-12-25)44-36(53)27(43-24(5)49)15-16-34(42)50/h22-23,25-33H,6-21H2,1-5H3,(H2,42,50)(H,43,49)(H,44,53)(H,45,54)(H,46,55)(H,47,56)(H,51,52)(H,58,59)/t26-,27?,28-,29?,30-,31-,32?,33?/m0/s1. The smallest absolute Gasteiger partial charge is 0.326 e. The van der Waals surface area contributed by atoms with Crippen molar-refractivity contribution in [3.05, 3.63) is 0 Å². The number of nitrogens with one attached hydrogen (secondary N) is 5. The van der Waals surface area contributed by atoms with E-state index in [2.05, 4.69) is 26.6 Å². The van der Waals surface area contributed by atoms with Crippen molar-refractivity contribution in [1.29, 1.82) is 0 Å². The van der Waals surface area contributed by atoms with Crippen LogP contribution in [0.5, 0.6) is 0 Å². The summed E-state index contributed by atoms with van der Waals surface area (Å²) in [4.78, 5) is 119. The molecule has 0 bridgehead atoms. The van der Waals surface area contributed by atoms with Crippen LogP contribution in [0.4, 0.5) is 0 Å². The highest BCUT2D eigenvalue weighted by Gasteiger charge is 2.49. The first-order valence-electron chi connectivity index (χ1n) is 21.3. The molecule has 3 rings (SSSR count). The third kappa shape index (κ3) is 15.4. The number of carbonyl (C=O) groups is 9. The zero-order chi connectivity index (χ0) is 44.0. The van der Waals surface area contributed by atoms with E-state index in [-0.39, 0.29) is 61.8 Å². The minimum absolute atomic E-state index is 0.0105. The molecular weight excluding hydrogens is 766 g/mol. The molecular formula is C41H67N7O11. The first-order valence-corrected chi connectivity index (χ1v) is 21.3. The summed E-state index contributed by atoms with van der Waals surface area (Å²) in [6.45, 7) is 8.54. The summed E-state index contributed by atoms with van der Waals surface area (Å²) >= 11 is 0. The van der Waals surface area contributed by atoms with E-state index >= 15 is 0 Å². The van der Waals surface area contributed by atoms with Gasteiger partial charge in [0.2, 0.25) is 41.4 Å².